The van der Waals surface area contributed by atoms with Crippen molar-refractivity contribution >= 4 is 28.6 Å². The van der Waals surface area contributed by atoms with Gasteiger partial charge in [-0.25, -0.2) is 4.68 Å². The van der Waals surface area contributed by atoms with E-state index in [4.69, 9.17) is 11.6 Å². The van der Waals surface area contributed by atoms with E-state index in [0.29, 0.717) is 12.2 Å². The Balaban J connectivity index is 2.25. The van der Waals surface area contributed by atoms with Gasteiger partial charge in [-0.05, 0) is 12.1 Å². The zero-order chi connectivity index (χ0) is 11.5. The van der Waals surface area contributed by atoms with E-state index in [1.807, 2.05) is 12.1 Å². The molecule has 4 nitrogen and oxygen atoms in total. The van der Waals surface area contributed by atoms with Crippen molar-refractivity contribution < 1.29 is 0 Å². The van der Waals surface area contributed by atoms with Crippen molar-refractivity contribution in [2.45, 2.75) is 6.54 Å². The second kappa shape index (κ2) is 4.67. The molecule has 0 fully saturated rings. The molecule has 2 aromatic rings. The van der Waals surface area contributed by atoms with Crippen LogP contribution in [0.3, 0.4) is 0 Å². The van der Waals surface area contributed by atoms with Gasteiger partial charge in [0, 0.05) is 18.0 Å². The van der Waals surface area contributed by atoms with Crippen molar-refractivity contribution in [1.29, 1.82) is 0 Å². The fraction of sp³-hybridized carbons (Fsp3) is 0.200. The second-order valence-electron chi connectivity index (χ2n) is 3.20. The third-order valence-electron chi connectivity index (χ3n) is 2.09. The highest BCUT2D eigenvalue weighted by Gasteiger charge is 2.02. The molecule has 1 N–H and O–H groups in total. The summed E-state index contributed by atoms with van der Waals surface area (Å²) in [6.07, 6.45) is 1.62. The Morgan fingerprint density at radius 3 is 2.94 bits per heavy atom. The van der Waals surface area contributed by atoms with Gasteiger partial charge < -0.3 is 5.32 Å². The first kappa shape index (κ1) is 11.2. The monoisotopic (exact) mass is 255 g/mol. The molecule has 0 aliphatic carbocycles. The van der Waals surface area contributed by atoms with Crippen LogP contribution in [0.2, 0.25) is 4.34 Å². The average Bonchev–Trinajstić information content (AvgIpc) is 2.67. The van der Waals surface area contributed by atoms with E-state index in [1.165, 1.54) is 22.1 Å². The van der Waals surface area contributed by atoms with E-state index in [0.717, 1.165) is 9.21 Å². The number of aromatic nitrogens is 2. The molecule has 0 radical (unpaired) electrons. The molecule has 0 amide bonds. The Kier molecular flexibility index (Phi) is 3.26. The summed E-state index contributed by atoms with van der Waals surface area (Å²) in [7, 11) is 1.75. The number of nitrogens with zero attached hydrogens (tertiary/aromatic N) is 2. The van der Waals surface area contributed by atoms with Crippen molar-refractivity contribution in [2.75, 3.05) is 12.4 Å². The molecule has 0 bridgehead atoms. The molecular formula is C10H10ClN3OS. The van der Waals surface area contributed by atoms with E-state index in [-0.39, 0.29) is 5.56 Å². The van der Waals surface area contributed by atoms with E-state index < -0.39 is 0 Å². The molecule has 0 aromatic carbocycles. The van der Waals surface area contributed by atoms with Gasteiger partial charge in [0.1, 0.15) is 0 Å². The molecule has 0 saturated carbocycles. The smallest absolute Gasteiger partial charge is 0.269 e. The summed E-state index contributed by atoms with van der Waals surface area (Å²) in [5, 5.41) is 6.93. The molecule has 0 atom stereocenters. The summed E-state index contributed by atoms with van der Waals surface area (Å²) in [5.41, 5.74) is 0.585. The summed E-state index contributed by atoms with van der Waals surface area (Å²) >= 11 is 7.27. The van der Waals surface area contributed by atoms with E-state index >= 15 is 0 Å². The zero-order valence-corrected chi connectivity index (χ0v) is 10.2. The first-order valence-corrected chi connectivity index (χ1v) is 5.87. The van der Waals surface area contributed by atoms with Gasteiger partial charge >= 0.3 is 0 Å². The Bertz CT molecular complexity index is 549. The van der Waals surface area contributed by atoms with Crippen molar-refractivity contribution in [3.05, 3.63) is 44.0 Å². The molecule has 0 aliphatic rings. The average molecular weight is 256 g/mol. The second-order valence-corrected chi connectivity index (χ2v) is 5.00. The number of thiophene rings is 1. The molecule has 0 saturated heterocycles. The molecule has 2 rings (SSSR count). The Morgan fingerprint density at radius 2 is 2.38 bits per heavy atom. The van der Waals surface area contributed by atoms with Crippen LogP contribution in [0, 0.1) is 0 Å². The number of nitrogens with one attached hydrogen (secondary N) is 1. The van der Waals surface area contributed by atoms with Crippen LogP contribution in [0.4, 0.5) is 5.69 Å². The van der Waals surface area contributed by atoms with Gasteiger partial charge in [-0.1, -0.05) is 11.6 Å². The third-order valence-corrected chi connectivity index (χ3v) is 3.31. The van der Waals surface area contributed by atoms with Crippen LogP contribution in [0.5, 0.6) is 0 Å². The fourth-order valence-corrected chi connectivity index (χ4v) is 2.34. The zero-order valence-electron chi connectivity index (χ0n) is 8.61. The van der Waals surface area contributed by atoms with Crippen LogP contribution in [-0.2, 0) is 6.54 Å². The minimum Gasteiger partial charge on any atom is -0.387 e. The molecule has 0 unspecified atom stereocenters. The van der Waals surface area contributed by atoms with Crippen LogP contribution < -0.4 is 10.9 Å². The standard InChI is InChI=1S/C10H10ClN3OS/c1-12-7-4-10(15)14(13-5-7)6-8-2-3-9(11)16-8/h2-5,12H,6H2,1H3. The lowest BCUT2D eigenvalue weighted by atomic mass is 10.4. The minimum atomic E-state index is -0.128. The number of rotatable bonds is 3. The largest absolute Gasteiger partial charge is 0.387 e. The summed E-state index contributed by atoms with van der Waals surface area (Å²) in [6.45, 7) is 0.459. The fourth-order valence-electron chi connectivity index (χ4n) is 1.27. The van der Waals surface area contributed by atoms with Crippen LogP contribution in [0.25, 0.3) is 0 Å². The quantitative estimate of drug-likeness (QED) is 0.913. The lowest BCUT2D eigenvalue weighted by Crippen LogP contribution is -2.22. The molecule has 16 heavy (non-hydrogen) atoms. The summed E-state index contributed by atoms with van der Waals surface area (Å²) in [4.78, 5) is 12.7. The van der Waals surface area contributed by atoms with Crippen molar-refractivity contribution in [3.63, 3.8) is 0 Å². The van der Waals surface area contributed by atoms with E-state index in [2.05, 4.69) is 10.4 Å². The minimum absolute atomic E-state index is 0.128. The molecule has 2 heterocycles. The summed E-state index contributed by atoms with van der Waals surface area (Å²) in [5.74, 6) is 0. The van der Waals surface area contributed by atoms with Gasteiger partial charge in [0.25, 0.3) is 5.56 Å². The Morgan fingerprint density at radius 1 is 1.56 bits per heavy atom. The molecule has 0 spiro atoms. The molecule has 0 aliphatic heterocycles. The maximum absolute atomic E-state index is 11.6. The lowest BCUT2D eigenvalue weighted by Gasteiger charge is -2.03. The third kappa shape index (κ3) is 2.43. The van der Waals surface area contributed by atoms with Crippen LogP contribution in [-0.4, -0.2) is 16.8 Å². The first-order chi connectivity index (χ1) is 7.69. The number of anilines is 1. The lowest BCUT2D eigenvalue weighted by molar-refractivity contribution is 0.646. The van der Waals surface area contributed by atoms with Gasteiger partial charge in [0.2, 0.25) is 0 Å². The van der Waals surface area contributed by atoms with Gasteiger partial charge in [0.15, 0.2) is 0 Å². The number of hydrogen-bond donors (Lipinski definition) is 1. The van der Waals surface area contributed by atoms with Crippen molar-refractivity contribution in [1.82, 2.24) is 9.78 Å². The summed E-state index contributed by atoms with van der Waals surface area (Å²) in [6, 6.07) is 5.23. The predicted molar refractivity (Wildman–Crippen MR) is 66.5 cm³/mol. The predicted octanol–water partition coefficient (Wildman–Crippen LogP) is 2.05. The van der Waals surface area contributed by atoms with Gasteiger partial charge in [-0.2, -0.15) is 5.10 Å². The number of halogens is 1. The van der Waals surface area contributed by atoms with Crippen molar-refractivity contribution in [3.8, 4) is 0 Å². The van der Waals surface area contributed by atoms with Gasteiger partial charge in [-0.3, -0.25) is 4.79 Å². The molecule has 2 aromatic heterocycles. The highest BCUT2D eigenvalue weighted by molar-refractivity contribution is 7.16. The highest BCUT2D eigenvalue weighted by Crippen LogP contribution is 2.21. The van der Waals surface area contributed by atoms with E-state index in [9.17, 15) is 4.79 Å². The molecular weight excluding hydrogens is 246 g/mol. The highest BCUT2D eigenvalue weighted by atomic mass is 35.5. The normalized spacial score (nSPS) is 10.4. The van der Waals surface area contributed by atoms with Crippen LogP contribution in [0.15, 0.2) is 29.2 Å². The van der Waals surface area contributed by atoms with Gasteiger partial charge in [0.05, 0.1) is 22.8 Å². The van der Waals surface area contributed by atoms with Crippen molar-refractivity contribution in [2.24, 2.45) is 0 Å². The topological polar surface area (TPSA) is 46.9 Å². The number of hydrogen-bond acceptors (Lipinski definition) is 4. The Labute approximate surface area is 101 Å². The SMILES string of the molecule is CNc1cnn(Cc2ccc(Cl)s2)c(=O)c1. The Hall–Kier alpha value is -1.33. The maximum atomic E-state index is 11.6. The van der Waals surface area contributed by atoms with Gasteiger partial charge in [-0.15, -0.1) is 11.3 Å². The van der Waals surface area contributed by atoms with Crippen LogP contribution in [0.1, 0.15) is 4.88 Å². The maximum Gasteiger partial charge on any atom is 0.269 e. The molecule has 6 heteroatoms. The summed E-state index contributed by atoms with van der Waals surface area (Å²) < 4.78 is 2.12. The van der Waals surface area contributed by atoms with E-state index in [1.54, 1.807) is 13.2 Å². The molecule has 84 valence electrons. The first-order valence-electron chi connectivity index (χ1n) is 4.68. The van der Waals surface area contributed by atoms with Crippen LogP contribution >= 0.6 is 22.9 Å².